The number of hydrogen-bond donors (Lipinski definition) is 1. The molecule has 0 fully saturated rings. The summed E-state index contributed by atoms with van der Waals surface area (Å²) in [5.74, 6) is 1.20. The molecule has 0 atom stereocenters. The number of para-hydroxylation sites is 1. The van der Waals surface area contributed by atoms with Crippen LogP contribution in [-0.2, 0) is 13.2 Å². The number of nitrogens with one attached hydrogen (secondary N) is 1. The number of methoxy groups -OCH3 is 1. The van der Waals surface area contributed by atoms with E-state index in [0.29, 0.717) is 39.7 Å². The Hall–Kier alpha value is -2.27. The Morgan fingerprint density at radius 3 is 2.48 bits per heavy atom. The van der Waals surface area contributed by atoms with Gasteiger partial charge in [0.05, 0.1) is 22.7 Å². The number of halogens is 2. The van der Waals surface area contributed by atoms with E-state index in [1.165, 1.54) is 5.56 Å². The Labute approximate surface area is 186 Å². The van der Waals surface area contributed by atoms with Gasteiger partial charge in [-0.15, -0.1) is 0 Å². The van der Waals surface area contributed by atoms with Gasteiger partial charge in [0.1, 0.15) is 11.6 Å². The second-order valence-corrected chi connectivity index (χ2v) is 7.77. The monoisotopic (exact) mass is 445 g/mol. The highest BCUT2D eigenvalue weighted by molar-refractivity contribution is 7.80. The lowest BCUT2D eigenvalue weighted by Gasteiger charge is -2.17. The van der Waals surface area contributed by atoms with Gasteiger partial charge >= 0.3 is 0 Å². The summed E-state index contributed by atoms with van der Waals surface area (Å²) >= 11 is 17.7. The molecule has 3 aromatic rings. The van der Waals surface area contributed by atoms with Crippen LogP contribution in [0.3, 0.4) is 0 Å². The Kier molecular flexibility index (Phi) is 7.37. The lowest BCUT2D eigenvalue weighted by molar-refractivity contribution is 0.284. The third-order valence-corrected chi connectivity index (χ3v) is 5.45. The van der Waals surface area contributed by atoms with Crippen molar-refractivity contribution in [2.45, 2.75) is 20.1 Å². The Morgan fingerprint density at radius 1 is 0.966 bits per heavy atom. The standard InChI is InChI=1S/C23H21Cl2NO2S/c1-15-5-3-6-16(11-15)13-26-23(29)18-7-4-8-21(27-2)22(18)28-14-17-9-10-19(24)20(25)12-17/h3-12H,13-14H2,1-2H3,(H,26,29). The van der Waals surface area contributed by atoms with Crippen LogP contribution in [0.1, 0.15) is 22.3 Å². The molecule has 3 aromatic carbocycles. The van der Waals surface area contributed by atoms with E-state index < -0.39 is 0 Å². The first kappa shape index (κ1) is 21.4. The molecule has 0 bridgehead atoms. The number of benzene rings is 3. The summed E-state index contributed by atoms with van der Waals surface area (Å²) in [6.45, 7) is 3.01. The van der Waals surface area contributed by atoms with Gasteiger partial charge in [0, 0.05) is 6.54 Å². The molecular formula is C23H21Cl2NO2S. The SMILES string of the molecule is COc1cccc(C(=S)NCc2cccc(C)c2)c1OCc1ccc(Cl)c(Cl)c1. The molecule has 0 aliphatic rings. The van der Waals surface area contributed by atoms with E-state index in [-0.39, 0.29) is 0 Å². The maximum absolute atomic E-state index is 6.10. The smallest absolute Gasteiger partial charge is 0.171 e. The van der Waals surface area contributed by atoms with Crippen molar-refractivity contribution in [3.05, 3.63) is 93.0 Å². The van der Waals surface area contributed by atoms with Gasteiger partial charge in [0.15, 0.2) is 11.5 Å². The number of rotatable bonds is 7. The molecule has 0 radical (unpaired) electrons. The average molecular weight is 446 g/mol. The van der Waals surface area contributed by atoms with Crippen molar-refractivity contribution in [3.63, 3.8) is 0 Å². The number of aryl methyl sites for hydroxylation is 1. The van der Waals surface area contributed by atoms with E-state index in [1.54, 1.807) is 19.2 Å². The normalized spacial score (nSPS) is 10.5. The summed E-state index contributed by atoms with van der Waals surface area (Å²) in [7, 11) is 1.61. The minimum Gasteiger partial charge on any atom is -0.493 e. The van der Waals surface area contributed by atoms with Gasteiger partial charge in [-0.05, 0) is 42.3 Å². The van der Waals surface area contributed by atoms with Crippen molar-refractivity contribution < 1.29 is 9.47 Å². The van der Waals surface area contributed by atoms with E-state index in [4.69, 9.17) is 44.9 Å². The maximum atomic E-state index is 6.10. The van der Waals surface area contributed by atoms with Crippen LogP contribution < -0.4 is 14.8 Å². The fraction of sp³-hybridized carbons (Fsp3) is 0.174. The fourth-order valence-electron chi connectivity index (χ4n) is 2.89. The highest BCUT2D eigenvalue weighted by Gasteiger charge is 2.15. The van der Waals surface area contributed by atoms with Crippen LogP contribution in [0.5, 0.6) is 11.5 Å². The molecular weight excluding hydrogens is 425 g/mol. The molecule has 0 aromatic heterocycles. The van der Waals surface area contributed by atoms with Crippen LogP contribution in [0.25, 0.3) is 0 Å². The lowest BCUT2D eigenvalue weighted by atomic mass is 10.1. The minimum absolute atomic E-state index is 0.310. The minimum atomic E-state index is 0.310. The zero-order valence-corrected chi connectivity index (χ0v) is 18.5. The molecule has 0 saturated heterocycles. The molecule has 0 aliphatic carbocycles. The Bertz CT molecular complexity index is 1020. The van der Waals surface area contributed by atoms with E-state index >= 15 is 0 Å². The van der Waals surface area contributed by atoms with Crippen molar-refractivity contribution in [2.24, 2.45) is 0 Å². The third-order valence-electron chi connectivity index (χ3n) is 4.35. The van der Waals surface area contributed by atoms with Gasteiger partial charge < -0.3 is 14.8 Å². The van der Waals surface area contributed by atoms with Crippen LogP contribution in [0.2, 0.25) is 10.0 Å². The molecule has 3 rings (SSSR count). The molecule has 0 unspecified atom stereocenters. The molecule has 0 heterocycles. The predicted molar refractivity (Wildman–Crippen MR) is 124 cm³/mol. The molecule has 1 N–H and O–H groups in total. The fourth-order valence-corrected chi connectivity index (χ4v) is 3.44. The first-order valence-corrected chi connectivity index (χ1v) is 10.2. The van der Waals surface area contributed by atoms with Crippen molar-refractivity contribution in [1.29, 1.82) is 0 Å². The third kappa shape index (κ3) is 5.63. The molecule has 29 heavy (non-hydrogen) atoms. The van der Waals surface area contributed by atoms with E-state index in [0.717, 1.165) is 16.7 Å². The van der Waals surface area contributed by atoms with Crippen molar-refractivity contribution in [3.8, 4) is 11.5 Å². The zero-order chi connectivity index (χ0) is 20.8. The highest BCUT2D eigenvalue weighted by atomic mass is 35.5. The van der Waals surface area contributed by atoms with E-state index in [2.05, 4.69) is 30.4 Å². The summed E-state index contributed by atoms with van der Waals surface area (Å²) < 4.78 is 11.6. The summed E-state index contributed by atoms with van der Waals surface area (Å²) in [5.41, 5.74) is 4.04. The molecule has 150 valence electrons. The molecule has 0 saturated carbocycles. The quantitative estimate of drug-likeness (QED) is 0.428. The summed E-state index contributed by atoms with van der Waals surface area (Å²) in [4.78, 5) is 0.592. The van der Waals surface area contributed by atoms with Gasteiger partial charge in [0.25, 0.3) is 0 Å². The van der Waals surface area contributed by atoms with Gasteiger partial charge in [0.2, 0.25) is 0 Å². The van der Waals surface area contributed by atoms with Gasteiger partial charge in [-0.1, -0.05) is 77.4 Å². The zero-order valence-electron chi connectivity index (χ0n) is 16.2. The molecule has 0 amide bonds. The van der Waals surface area contributed by atoms with Crippen molar-refractivity contribution >= 4 is 40.4 Å². The number of thiocarbonyl (C=S) groups is 1. The van der Waals surface area contributed by atoms with Crippen LogP contribution >= 0.6 is 35.4 Å². The van der Waals surface area contributed by atoms with Crippen LogP contribution in [0.4, 0.5) is 0 Å². The molecule has 6 heteroatoms. The largest absolute Gasteiger partial charge is 0.493 e. The Morgan fingerprint density at radius 2 is 1.76 bits per heavy atom. The topological polar surface area (TPSA) is 30.5 Å². The van der Waals surface area contributed by atoms with E-state index in [9.17, 15) is 0 Å². The van der Waals surface area contributed by atoms with E-state index in [1.807, 2.05) is 30.3 Å². The lowest BCUT2D eigenvalue weighted by Crippen LogP contribution is -2.22. The van der Waals surface area contributed by atoms with Crippen LogP contribution in [0, 0.1) is 6.92 Å². The summed E-state index contributed by atoms with van der Waals surface area (Å²) in [6, 6.07) is 19.4. The van der Waals surface area contributed by atoms with Gasteiger partial charge in [-0.25, -0.2) is 0 Å². The number of ether oxygens (including phenoxy) is 2. The van der Waals surface area contributed by atoms with Crippen LogP contribution in [0.15, 0.2) is 60.7 Å². The van der Waals surface area contributed by atoms with Gasteiger partial charge in [-0.2, -0.15) is 0 Å². The molecule has 0 aliphatic heterocycles. The van der Waals surface area contributed by atoms with Gasteiger partial charge in [-0.3, -0.25) is 0 Å². The highest BCUT2D eigenvalue weighted by Crippen LogP contribution is 2.32. The second kappa shape index (κ2) is 9.97. The predicted octanol–water partition coefficient (Wildman–Crippen LogP) is 6.35. The van der Waals surface area contributed by atoms with Crippen LogP contribution in [-0.4, -0.2) is 12.1 Å². The van der Waals surface area contributed by atoms with Crippen molar-refractivity contribution in [1.82, 2.24) is 5.32 Å². The van der Waals surface area contributed by atoms with Crippen molar-refractivity contribution in [2.75, 3.05) is 7.11 Å². The number of hydrogen-bond acceptors (Lipinski definition) is 3. The summed E-state index contributed by atoms with van der Waals surface area (Å²) in [5, 5.41) is 4.30. The first-order valence-electron chi connectivity index (χ1n) is 9.05. The molecule has 3 nitrogen and oxygen atoms in total. The Balaban J connectivity index is 1.77. The first-order chi connectivity index (χ1) is 14.0. The maximum Gasteiger partial charge on any atom is 0.171 e. The second-order valence-electron chi connectivity index (χ2n) is 6.55. The average Bonchev–Trinajstić information content (AvgIpc) is 2.72. The summed E-state index contributed by atoms with van der Waals surface area (Å²) in [6.07, 6.45) is 0. The molecule has 0 spiro atoms.